The molecule has 0 saturated heterocycles. The number of nitrogens with zero attached hydrogens (tertiary/aromatic N) is 2. The van der Waals surface area contributed by atoms with Gasteiger partial charge in [0.05, 0.1) is 11.9 Å². The van der Waals surface area contributed by atoms with Crippen molar-refractivity contribution < 1.29 is 22.4 Å². The first-order chi connectivity index (χ1) is 15.6. The first-order valence-electron chi connectivity index (χ1n) is 10.7. The summed E-state index contributed by atoms with van der Waals surface area (Å²) in [6, 6.07) is 9.42. The molecular weight excluding hydrogens is 481 g/mol. The summed E-state index contributed by atoms with van der Waals surface area (Å²) in [6.07, 6.45) is 1.00. The maximum absolute atomic E-state index is 13.5. The molecule has 2 amide bonds. The number of nitrogens with one attached hydrogen (secondary N) is 1. The molecule has 10 heteroatoms. The molecule has 7 nitrogen and oxygen atoms in total. The Morgan fingerprint density at radius 2 is 1.71 bits per heavy atom. The molecule has 2 aromatic carbocycles. The van der Waals surface area contributed by atoms with Crippen molar-refractivity contribution in [2.24, 2.45) is 0 Å². The van der Waals surface area contributed by atoms with E-state index >= 15 is 0 Å². The van der Waals surface area contributed by atoms with E-state index in [0.29, 0.717) is 16.1 Å². The van der Waals surface area contributed by atoms with Crippen LogP contribution in [-0.2, 0) is 26.2 Å². The summed E-state index contributed by atoms with van der Waals surface area (Å²) >= 11 is 6.18. The number of rotatable bonds is 8. The number of carbonyl (C=O) groups is 2. The molecule has 0 fully saturated rings. The Morgan fingerprint density at radius 1 is 1.12 bits per heavy atom. The Labute approximate surface area is 205 Å². The molecule has 0 bridgehead atoms. The number of halogens is 2. The van der Waals surface area contributed by atoms with Gasteiger partial charge in [-0.3, -0.25) is 13.9 Å². The second kappa shape index (κ2) is 10.7. The Morgan fingerprint density at radius 3 is 2.24 bits per heavy atom. The maximum Gasteiger partial charge on any atom is 0.244 e. The van der Waals surface area contributed by atoms with Crippen LogP contribution in [0.4, 0.5) is 10.1 Å². The highest BCUT2D eigenvalue weighted by atomic mass is 35.5. The lowest BCUT2D eigenvalue weighted by Gasteiger charge is -2.33. The number of benzene rings is 2. The van der Waals surface area contributed by atoms with E-state index in [2.05, 4.69) is 5.32 Å². The van der Waals surface area contributed by atoms with Gasteiger partial charge in [-0.25, -0.2) is 12.8 Å². The molecule has 0 aliphatic carbocycles. The Balaban J connectivity index is 2.44. The second-order valence-corrected chi connectivity index (χ2v) is 11.5. The highest BCUT2D eigenvalue weighted by Crippen LogP contribution is 2.28. The van der Waals surface area contributed by atoms with Crippen LogP contribution in [0.25, 0.3) is 0 Å². The van der Waals surface area contributed by atoms with Crippen LogP contribution in [-0.4, -0.2) is 49.5 Å². The maximum atomic E-state index is 13.5. The van der Waals surface area contributed by atoms with Crippen LogP contribution < -0.4 is 9.62 Å². The molecule has 0 heterocycles. The van der Waals surface area contributed by atoms with Crippen molar-refractivity contribution >= 4 is 39.1 Å². The summed E-state index contributed by atoms with van der Waals surface area (Å²) < 4.78 is 39.6. The molecule has 186 valence electrons. The SMILES string of the molecule is Cc1c(Cl)cccc1N(CC(=O)N(Cc1ccc(F)cc1)C(C)C(=O)NC(C)(C)C)S(C)(=O)=O. The van der Waals surface area contributed by atoms with Gasteiger partial charge in [-0.2, -0.15) is 0 Å². The third-order valence-electron chi connectivity index (χ3n) is 5.12. The van der Waals surface area contributed by atoms with Crippen molar-refractivity contribution in [3.8, 4) is 0 Å². The molecule has 0 aliphatic heterocycles. The number of sulfonamides is 1. The van der Waals surface area contributed by atoms with Gasteiger partial charge in [0, 0.05) is 17.1 Å². The van der Waals surface area contributed by atoms with E-state index in [1.807, 2.05) is 20.8 Å². The third kappa shape index (κ3) is 7.43. The smallest absolute Gasteiger partial charge is 0.244 e. The average molecular weight is 512 g/mol. The lowest BCUT2D eigenvalue weighted by molar-refractivity contribution is -0.140. The largest absolute Gasteiger partial charge is 0.350 e. The third-order valence-corrected chi connectivity index (χ3v) is 6.65. The van der Waals surface area contributed by atoms with E-state index in [1.54, 1.807) is 32.0 Å². The fraction of sp³-hybridized carbons (Fsp3) is 0.417. The summed E-state index contributed by atoms with van der Waals surface area (Å²) in [4.78, 5) is 27.7. The fourth-order valence-electron chi connectivity index (χ4n) is 3.30. The van der Waals surface area contributed by atoms with E-state index < -0.39 is 45.8 Å². The molecule has 34 heavy (non-hydrogen) atoms. The van der Waals surface area contributed by atoms with Gasteiger partial charge in [-0.15, -0.1) is 0 Å². The molecule has 0 radical (unpaired) electrons. The zero-order valence-corrected chi connectivity index (χ0v) is 21.8. The molecular formula is C24H31ClFN3O4S. The van der Waals surface area contributed by atoms with Crippen molar-refractivity contribution in [2.75, 3.05) is 17.1 Å². The molecule has 1 atom stereocenters. The van der Waals surface area contributed by atoms with E-state index in [-0.39, 0.29) is 12.2 Å². The predicted octanol–water partition coefficient (Wildman–Crippen LogP) is 3.89. The number of amides is 2. The molecule has 1 unspecified atom stereocenters. The van der Waals surface area contributed by atoms with Gasteiger partial charge < -0.3 is 10.2 Å². The zero-order valence-electron chi connectivity index (χ0n) is 20.2. The lowest BCUT2D eigenvalue weighted by atomic mass is 10.1. The van der Waals surface area contributed by atoms with E-state index in [4.69, 9.17) is 11.6 Å². The van der Waals surface area contributed by atoms with Crippen LogP contribution in [0.15, 0.2) is 42.5 Å². The summed E-state index contributed by atoms with van der Waals surface area (Å²) in [5.41, 5.74) is 0.838. The van der Waals surface area contributed by atoms with Gasteiger partial charge in [0.25, 0.3) is 0 Å². The number of hydrogen-bond acceptors (Lipinski definition) is 4. The molecule has 0 saturated carbocycles. The van der Waals surface area contributed by atoms with Crippen molar-refractivity contribution in [1.29, 1.82) is 0 Å². The molecule has 2 aromatic rings. The van der Waals surface area contributed by atoms with Gasteiger partial charge in [0.2, 0.25) is 21.8 Å². The molecule has 2 rings (SSSR count). The van der Waals surface area contributed by atoms with E-state index in [1.165, 1.54) is 29.2 Å². The number of hydrogen-bond donors (Lipinski definition) is 1. The van der Waals surface area contributed by atoms with Crippen molar-refractivity contribution in [1.82, 2.24) is 10.2 Å². The quantitative estimate of drug-likeness (QED) is 0.582. The highest BCUT2D eigenvalue weighted by molar-refractivity contribution is 7.92. The van der Waals surface area contributed by atoms with Crippen LogP contribution in [0.1, 0.15) is 38.8 Å². The van der Waals surface area contributed by atoms with Gasteiger partial charge in [-0.1, -0.05) is 29.8 Å². The summed E-state index contributed by atoms with van der Waals surface area (Å²) in [5.74, 6) is -1.42. The van der Waals surface area contributed by atoms with Crippen LogP contribution in [0.3, 0.4) is 0 Å². The number of anilines is 1. The van der Waals surface area contributed by atoms with Crippen molar-refractivity contribution in [3.63, 3.8) is 0 Å². The average Bonchev–Trinajstić information content (AvgIpc) is 2.71. The van der Waals surface area contributed by atoms with Gasteiger partial charge in [0.1, 0.15) is 18.4 Å². The first kappa shape index (κ1) is 27.6. The Bertz CT molecular complexity index is 1150. The highest BCUT2D eigenvalue weighted by Gasteiger charge is 2.31. The zero-order chi connectivity index (χ0) is 25.8. The molecule has 1 N–H and O–H groups in total. The van der Waals surface area contributed by atoms with Crippen LogP contribution in [0.2, 0.25) is 5.02 Å². The van der Waals surface area contributed by atoms with E-state index in [9.17, 15) is 22.4 Å². The monoisotopic (exact) mass is 511 g/mol. The number of carbonyl (C=O) groups excluding carboxylic acids is 2. The Hall–Kier alpha value is -2.65. The molecule has 0 spiro atoms. The normalized spacial score (nSPS) is 12.7. The summed E-state index contributed by atoms with van der Waals surface area (Å²) in [5, 5.41) is 3.20. The van der Waals surface area contributed by atoms with Crippen LogP contribution in [0.5, 0.6) is 0 Å². The predicted molar refractivity (Wildman–Crippen MR) is 133 cm³/mol. The van der Waals surface area contributed by atoms with Gasteiger partial charge >= 0.3 is 0 Å². The minimum atomic E-state index is -3.86. The fourth-order valence-corrected chi connectivity index (χ4v) is 4.37. The lowest BCUT2D eigenvalue weighted by Crippen LogP contribution is -2.54. The van der Waals surface area contributed by atoms with Crippen molar-refractivity contribution in [2.45, 2.75) is 52.7 Å². The van der Waals surface area contributed by atoms with Crippen LogP contribution >= 0.6 is 11.6 Å². The Kier molecular flexibility index (Phi) is 8.71. The summed E-state index contributed by atoms with van der Waals surface area (Å²) in [7, 11) is -3.86. The topological polar surface area (TPSA) is 86.8 Å². The standard InChI is InChI=1S/C24H31ClFN3O4S/c1-16-20(25)8-7-9-21(16)29(34(6,32)33)15-22(30)28(14-18-10-12-19(26)13-11-18)17(2)23(31)27-24(3,4)5/h7-13,17H,14-15H2,1-6H3,(H,27,31). The minimum absolute atomic E-state index is 0.00995. The van der Waals surface area contributed by atoms with Gasteiger partial charge in [-0.05, 0) is 70.0 Å². The molecule has 0 aromatic heterocycles. The van der Waals surface area contributed by atoms with Crippen molar-refractivity contribution in [3.05, 3.63) is 64.4 Å². The second-order valence-electron chi connectivity index (χ2n) is 9.22. The first-order valence-corrected chi connectivity index (χ1v) is 12.9. The molecule has 0 aliphatic rings. The van der Waals surface area contributed by atoms with Crippen LogP contribution in [0, 0.1) is 12.7 Å². The van der Waals surface area contributed by atoms with Gasteiger partial charge in [0.15, 0.2) is 0 Å². The minimum Gasteiger partial charge on any atom is -0.350 e. The van der Waals surface area contributed by atoms with E-state index in [0.717, 1.165) is 10.6 Å². The summed E-state index contributed by atoms with van der Waals surface area (Å²) in [6.45, 7) is 8.14.